The van der Waals surface area contributed by atoms with Crippen LogP contribution in [0.2, 0.25) is 0 Å². The van der Waals surface area contributed by atoms with Gasteiger partial charge in [0, 0.05) is 32.6 Å². The van der Waals surface area contributed by atoms with Gasteiger partial charge in [0.25, 0.3) is 0 Å². The number of likely N-dealkylation sites (N-methyl/N-ethyl adjacent to an activating group) is 1. The van der Waals surface area contributed by atoms with E-state index < -0.39 is 0 Å². The van der Waals surface area contributed by atoms with Crippen molar-refractivity contribution in [1.29, 1.82) is 0 Å². The molecular formula is C9H18N2O2. The smallest absolute Gasteiger partial charge is 0.306 e. The van der Waals surface area contributed by atoms with E-state index in [0.29, 0.717) is 13.2 Å². The van der Waals surface area contributed by atoms with Gasteiger partial charge in [0.15, 0.2) is 0 Å². The van der Waals surface area contributed by atoms with Gasteiger partial charge in [0.2, 0.25) is 0 Å². The Bertz CT molecular complexity index is 165. The summed E-state index contributed by atoms with van der Waals surface area (Å²) >= 11 is 0. The Morgan fingerprint density at radius 2 is 1.92 bits per heavy atom. The zero-order valence-corrected chi connectivity index (χ0v) is 8.45. The van der Waals surface area contributed by atoms with E-state index in [4.69, 9.17) is 4.74 Å². The highest BCUT2D eigenvalue weighted by Gasteiger charge is 2.14. The van der Waals surface area contributed by atoms with Gasteiger partial charge in [-0.15, -0.1) is 0 Å². The molecule has 0 aliphatic carbocycles. The molecular weight excluding hydrogens is 168 g/mol. The fraction of sp³-hybridized carbons (Fsp3) is 0.889. The maximum atomic E-state index is 10.9. The quantitative estimate of drug-likeness (QED) is 0.587. The first-order valence-corrected chi connectivity index (χ1v) is 4.79. The van der Waals surface area contributed by atoms with Crippen molar-refractivity contribution in [2.75, 3.05) is 40.0 Å². The van der Waals surface area contributed by atoms with Gasteiger partial charge in [0.1, 0.15) is 6.73 Å². The molecule has 0 aromatic carbocycles. The molecule has 1 fully saturated rings. The predicted octanol–water partition coefficient (Wildman–Crippen LogP) is 0.145. The first-order valence-electron chi connectivity index (χ1n) is 4.79. The van der Waals surface area contributed by atoms with Crippen LogP contribution >= 0.6 is 0 Å². The van der Waals surface area contributed by atoms with Crippen molar-refractivity contribution in [3.63, 3.8) is 0 Å². The van der Waals surface area contributed by atoms with Crippen molar-refractivity contribution in [3.05, 3.63) is 0 Å². The molecule has 4 heteroatoms. The first-order chi connectivity index (χ1) is 6.22. The lowest BCUT2D eigenvalue weighted by molar-refractivity contribution is -0.148. The Balaban J connectivity index is 2.12. The van der Waals surface area contributed by atoms with Crippen LogP contribution in [0.15, 0.2) is 0 Å². The van der Waals surface area contributed by atoms with Gasteiger partial charge < -0.3 is 9.64 Å². The Labute approximate surface area is 79.4 Å². The number of ether oxygens (including phenoxy) is 1. The molecule has 0 spiro atoms. The van der Waals surface area contributed by atoms with Crippen molar-refractivity contribution < 1.29 is 9.53 Å². The second-order valence-corrected chi connectivity index (χ2v) is 3.42. The minimum absolute atomic E-state index is 0.112. The lowest BCUT2D eigenvalue weighted by Crippen LogP contribution is -2.45. The monoisotopic (exact) mass is 186 g/mol. The molecule has 1 heterocycles. The fourth-order valence-electron chi connectivity index (χ4n) is 1.24. The molecule has 0 atom stereocenters. The molecule has 0 radical (unpaired) electrons. The van der Waals surface area contributed by atoms with Crippen LogP contribution in [-0.4, -0.2) is 55.7 Å². The van der Waals surface area contributed by atoms with Crippen molar-refractivity contribution in [2.24, 2.45) is 0 Å². The van der Waals surface area contributed by atoms with E-state index in [1.165, 1.54) is 0 Å². The van der Waals surface area contributed by atoms with Crippen LogP contribution in [0.1, 0.15) is 13.3 Å². The number of piperazine rings is 1. The normalized spacial score (nSPS) is 20.2. The van der Waals surface area contributed by atoms with Gasteiger partial charge in [-0.25, -0.2) is 0 Å². The minimum Gasteiger partial charge on any atom is -0.449 e. The van der Waals surface area contributed by atoms with Gasteiger partial charge in [0.05, 0.1) is 0 Å². The summed E-state index contributed by atoms with van der Waals surface area (Å²) in [5.74, 6) is -0.112. The lowest BCUT2D eigenvalue weighted by atomic mass is 10.3. The molecule has 1 aliphatic heterocycles. The topological polar surface area (TPSA) is 32.8 Å². The van der Waals surface area contributed by atoms with E-state index in [9.17, 15) is 4.79 Å². The number of hydrogen-bond acceptors (Lipinski definition) is 4. The maximum Gasteiger partial charge on any atom is 0.306 e. The van der Waals surface area contributed by atoms with E-state index in [1.807, 2.05) is 6.92 Å². The summed E-state index contributed by atoms with van der Waals surface area (Å²) in [7, 11) is 2.11. The number of esters is 1. The molecule has 13 heavy (non-hydrogen) atoms. The molecule has 0 saturated carbocycles. The molecule has 0 aromatic heterocycles. The Hall–Kier alpha value is -0.610. The molecule has 4 nitrogen and oxygen atoms in total. The van der Waals surface area contributed by atoms with Crippen LogP contribution in [0.25, 0.3) is 0 Å². The van der Waals surface area contributed by atoms with Gasteiger partial charge in [-0.3, -0.25) is 9.69 Å². The second-order valence-electron chi connectivity index (χ2n) is 3.42. The first kappa shape index (κ1) is 10.5. The number of rotatable bonds is 3. The second kappa shape index (κ2) is 5.19. The van der Waals surface area contributed by atoms with Crippen LogP contribution in [0.5, 0.6) is 0 Å². The van der Waals surface area contributed by atoms with Crippen LogP contribution in [0, 0.1) is 0 Å². The summed E-state index contributed by atoms with van der Waals surface area (Å²) in [6.07, 6.45) is 0.466. The molecule has 0 unspecified atom stereocenters. The third-order valence-corrected chi connectivity index (χ3v) is 2.29. The Kier molecular flexibility index (Phi) is 4.18. The lowest BCUT2D eigenvalue weighted by Gasteiger charge is -2.31. The van der Waals surface area contributed by atoms with Gasteiger partial charge in [-0.05, 0) is 7.05 Å². The number of hydrogen-bond donors (Lipinski definition) is 0. The zero-order chi connectivity index (χ0) is 9.68. The van der Waals surface area contributed by atoms with E-state index in [2.05, 4.69) is 16.8 Å². The third kappa shape index (κ3) is 3.74. The molecule has 0 amide bonds. The predicted molar refractivity (Wildman–Crippen MR) is 50.3 cm³/mol. The highest BCUT2D eigenvalue weighted by atomic mass is 16.5. The van der Waals surface area contributed by atoms with E-state index in [-0.39, 0.29) is 5.97 Å². The average Bonchev–Trinajstić information content (AvgIpc) is 2.16. The Morgan fingerprint density at radius 1 is 1.31 bits per heavy atom. The van der Waals surface area contributed by atoms with E-state index in [1.54, 1.807) is 0 Å². The molecule has 0 aromatic rings. The summed E-state index contributed by atoms with van der Waals surface area (Å²) in [5.41, 5.74) is 0. The van der Waals surface area contributed by atoms with Crippen molar-refractivity contribution in [3.8, 4) is 0 Å². The van der Waals surface area contributed by atoms with Crippen LogP contribution in [0.3, 0.4) is 0 Å². The summed E-state index contributed by atoms with van der Waals surface area (Å²) in [6, 6.07) is 0. The summed E-state index contributed by atoms with van der Waals surface area (Å²) in [4.78, 5) is 15.3. The maximum absolute atomic E-state index is 10.9. The highest BCUT2D eigenvalue weighted by molar-refractivity contribution is 5.68. The summed E-state index contributed by atoms with van der Waals surface area (Å²) < 4.78 is 5.03. The molecule has 0 N–H and O–H groups in total. The largest absolute Gasteiger partial charge is 0.449 e. The number of nitrogens with zero attached hydrogens (tertiary/aromatic N) is 2. The van der Waals surface area contributed by atoms with Crippen LogP contribution in [-0.2, 0) is 9.53 Å². The average molecular weight is 186 g/mol. The third-order valence-electron chi connectivity index (χ3n) is 2.29. The van der Waals surface area contributed by atoms with E-state index in [0.717, 1.165) is 26.2 Å². The van der Waals surface area contributed by atoms with Crippen LogP contribution < -0.4 is 0 Å². The zero-order valence-electron chi connectivity index (χ0n) is 8.45. The molecule has 0 bridgehead atoms. The molecule has 76 valence electrons. The van der Waals surface area contributed by atoms with Crippen molar-refractivity contribution >= 4 is 5.97 Å². The van der Waals surface area contributed by atoms with E-state index >= 15 is 0 Å². The molecule has 1 aliphatic rings. The standard InChI is InChI=1S/C9H18N2O2/c1-3-9(12)13-8-11-6-4-10(2)5-7-11/h3-8H2,1-2H3. The number of carbonyl (C=O) groups excluding carboxylic acids is 1. The van der Waals surface area contributed by atoms with Crippen LogP contribution in [0.4, 0.5) is 0 Å². The molecule has 1 saturated heterocycles. The fourth-order valence-corrected chi connectivity index (χ4v) is 1.24. The van der Waals surface area contributed by atoms with Gasteiger partial charge >= 0.3 is 5.97 Å². The van der Waals surface area contributed by atoms with Gasteiger partial charge in [-0.1, -0.05) is 6.92 Å². The van der Waals surface area contributed by atoms with Crippen molar-refractivity contribution in [1.82, 2.24) is 9.80 Å². The number of carbonyl (C=O) groups is 1. The SMILES string of the molecule is CCC(=O)OCN1CCN(C)CC1. The Morgan fingerprint density at radius 3 is 2.46 bits per heavy atom. The highest BCUT2D eigenvalue weighted by Crippen LogP contribution is 1.99. The molecule has 1 rings (SSSR count). The van der Waals surface area contributed by atoms with Gasteiger partial charge in [-0.2, -0.15) is 0 Å². The minimum atomic E-state index is -0.112. The van der Waals surface area contributed by atoms with Crippen molar-refractivity contribution in [2.45, 2.75) is 13.3 Å². The summed E-state index contributed by atoms with van der Waals surface area (Å²) in [5, 5.41) is 0. The summed E-state index contributed by atoms with van der Waals surface area (Å²) in [6.45, 7) is 6.38.